The molecule has 120 valence electrons. The molecule has 22 heavy (non-hydrogen) atoms. The number of benzene rings is 1. The fourth-order valence-electron chi connectivity index (χ4n) is 2.11. The van der Waals surface area contributed by atoms with Gasteiger partial charge in [-0.15, -0.1) is 0 Å². The smallest absolute Gasteiger partial charge is 0.163 e. The molecule has 0 aliphatic heterocycles. The Hall–Kier alpha value is -1.69. The Morgan fingerprint density at radius 2 is 2.05 bits per heavy atom. The first-order chi connectivity index (χ1) is 10.7. The molecule has 1 heterocycles. The molecule has 0 aliphatic carbocycles. The summed E-state index contributed by atoms with van der Waals surface area (Å²) in [6.45, 7) is 4.83. The van der Waals surface area contributed by atoms with Crippen LogP contribution in [-0.4, -0.2) is 41.7 Å². The predicted octanol–water partition coefficient (Wildman–Crippen LogP) is 3.59. The van der Waals surface area contributed by atoms with Gasteiger partial charge in [0.15, 0.2) is 11.5 Å². The average Bonchev–Trinajstić information content (AvgIpc) is 2.50. The Morgan fingerprint density at radius 3 is 2.73 bits per heavy atom. The molecular formula is C16H23N3O2S. The molecule has 0 radical (unpaired) electrons. The highest BCUT2D eigenvalue weighted by Gasteiger charge is 2.12. The molecule has 0 saturated carbocycles. The molecular weight excluding hydrogens is 298 g/mol. The van der Waals surface area contributed by atoms with Crippen molar-refractivity contribution in [2.24, 2.45) is 0 Å². The largest absolute Gasteiger partial charge is 0.493 e. The second kappa shape index (κ2) is 8.08. The second-order valence-electron chi connectivity index (χ2n) is 5.24. The summed E-state index contributed by atoms with van der Waals surface area (Å²) in [6.07, 6.45) is 4.67. The van der Waals surface area contributed by atoms with Crippen LogP contribution in [0.5, 0.6) is 11.5 Å². The number of rotatable bonds is 8. The van der Waals surface area contributed by atoms with Crippen LogP contribution >= 0.6 is 11.8 Å². The molecule has 1 aromatic heterocycles. The van der Waals surface area contributed by atoms with Gasteiger partial charge in [0.1, 0.15) is 12.1 Å². The molecule has 0 fully saturated rings. The maximum absolute atomic E-state index is 5.84. The van der Waals surface area contributed by atoms with E-state index in [-0.39, 0.29) is 0 Å². The Balaban J connectivity index is 2.31. The van der Waals surface area contributed by atoms with Gasteiger partial charge in [-0.05, 0) is 38.3 Å². The zero-order valence-electron chi connectivity index (χ0n) is 13.5. The standard InChI is InChI=1S/C16H23N3O2S/c1-11(2)19-16-12-8-14(20-3)15(21-6-5-7-22-4)9-13(12)17-10-18-16/h8-11H,5-7H2,1-4H3,(H,17,18,19). The molecule has 2 rings (SSSR count). The highest BCUT2D eigenvalue weighted by atomic mass is 32.2. The van der Waals surface area contributed by atoms with E-state index in [1.54, 1.807) is 13.4 Å². The van der Waals surface area contributed by atoms with Crippen LogP contribution in [-0.2, 0) is 0 Å². The summed E-state index contributed by atoms with van der Waals surface area (Å²) in [4.78, 5) is 8.66. The van der Waals surface area contributed by atoms with Crippen molar-refractivity contribution in [1.29, 1.82) is 0 Å². The molecule has 5 nitrogen and oxygen atoms in total. The number of fused-ring (bicyclic) bond motifs is 1. The number of hydrogen-bond acceptors (Lipinski definition) is 6. The summed E-state index contributed by atoms with van der Waals surface area (Å²) < 4.78 is 11.3. The van der Waals surface area contributed by atoms with Gasteiger partial charge in [-0.3, -0.25) is 0 Å². The van der Waals surface area contributed by atoms with Crippen LogP contribution in [0.25, 0.3) is 10.9 Å². The van der Waals surface area contributed by atoms with E-state index in [1.807, 2.05) is 23.9 Å². The van der Waals surface area contributed by atoms with Crippen molar-refractivity contribution in [2.45, 2.75) is 26.3 Å². The number of nitrogens with zero attached hydrogens (tertiary/aromatic N) is 2. The molecule has 0 aliphatic rings. The number of nitrogens with one attached hydrogen (secondary N) is 1. The third kappa shape index (κ3) is 4.16. The third-order valence-electron chi connectivity index (χ3n) is 3.10. The fraction of sp³-hybridized carbons (Fsp3) is 0.500. The van der Waals surface area contributed by atoms with Crippen molar-refractivity contribution in [3.05, 3.63) is 18.5 Å². The van der Waals surface area contributed by atoms with Gasteiger partial charge in [0.25, 0.3) is 0 Å². The first-order valence-corrected chi connectivity index (χ1v) is 8.76. The lowest BCUT2D eigenvalue weighted by atomic mass is 10.2. The summed E-state index contributed by atoms with van der Waals surface area (Å²) in [5.74, 6) is 3.33. The molecule has 0 bridgehead atoms. The normalized spacial score (nSPS) is 11.0. The first kappa shape index (κ1) is 16.7. The van der Waals surface area contributed by atoms with E-state index < -0.39 is 0 Å². The van der Waals surface area contributed by atoms with Gasteiger partial charge in [-0.1, -0.05) is 0 Å². The Morgan fingerprint density at radius 1 is 1.23 bits per heavy atom. The third-order valence-corrected chi connectivity index (χ3v) is 3.79. The quantitative estimate of drug-likeness (QED) is 0.750. The predicted molar refractivity (Wildman–Crippen MR) is 93.3 cm³/mol. The van der Waals surface area contributed by atoms with E-state index in [1.165, 1.54) is 0 Å². The maximum atomic E-state index is 5.84. The van der Waals surface area contributed by atoms with E-state index in [4.69, 9.17) is 9.47 Å². The second-order valence-corrected chi connectivity index (χ2v) is 6.22. The van der Waals surface area contributed by atoms with Crippen molar-refractivity contribution >= 4 is 28.5 Å². The van der Waals surface area contributed by atoms with Crippen LogP contribution < -0.4 is 14.8 Å². The van der Waals surface area contributed by atoms with Crippen molar-refractivity contribution < 1.29 is 9.47 Å². The maximum Gasteiger partial charge on any atom is 0.163 e. The van der Waals surface area contributed by atoms with Crippen LogP contribution in [0.4, 0.5) is 5.82 Å². The van der Waals surface area contributed by atoms with Crippen LogP contribution in [0, 0.1) is 0 Å². The van der Waals surface area contributed by atoms with Gasteiger partial charge in [-0.25, -0.2) is 9.97 Å². The van der Waals surface area contributed by atoms with Crippen molar-refractivity contribution in [1.82, 2.24) is 9.97 Å². The Labute approximate surface area is 135 Å². The van der Waals surface area contributed by atoms with Gasteiger partial charge in [0, 0.05) is 17.5 Å². The number of ether oxygens (including phenoxy) is 2. The topological polar surface area (TPSA) is 56.3 Å². The van der Waals surface area contributed by atoms with Crippen molar-refractivity contribution in [3.63, 3.8) is 0 Å². The van der Waals surface area contributed by atoms with Gasteiger partial charge in [0.2, 0.25) is 0 Å². The summed E-state index contributed by atoms with van der Waals surface area (Å²) in [6, 6.07) is 4.15. The van der Waals surface area contributed by atoms with Gasteiger partial charge < -0.3 is 14.8 Å². The number of hydrogen-bond donors (Lipinski definition) is 1. The van der Waals surface area contributed by atoms with Crippen LogP contribution in [0.3, 0.4) is 0 Å². The molecule has 0 saturated heterocycles. The lowest BCUT2D eigenvalue weighted by Crippen LogP contribution is -2.11. The molecule has 1 N–H and O–H groups in total. The molecule has 0 amide bonds. The average molecular weight is 321 g/mol. The summed E-state index contributed by atoms with van der Waals surface area (Å²) in [5, 5.41) is 4.26. The minimum atomic E-state index is 0.298. The zero-order chi connectivity index (χ0) is 15.9. The van der Waals surface area contributed by atoms with Gasteiger partial charge >= 0.3 is 0 Å². The lowest BCUT2D eigenvalue weighted by Gasteiger charge is -2.14. The summed E-state index contributed by atoms with van der Waals surface area (Å²) >= 11 is 1.82. The highest BCUT2D eigenvalue weighted by molar-refractivity contribution is 7.98. The van der Waals surface area contributed by atoms with E-state index >= 15 is 0 Å². The number of anilines is 1. The molecule has 2 aromatic rings. The summed E-state index contributed by atoms with van der Waals surface area (Å²) in [5.41, 5.74) is 0.846. The minimum Gasteiger partial charge on any atom is -0.493 e. The number of methoxy groups -OCH3 is 1. The molecule has 0 atom stereocenters. The molecule has 1 aromatic carbocycles. The Bertz CT molecular complexity index is 620. The van der Waals surface area contributed by atoms with E-state index in [2.05, 4.69) is 35.4 Å². The fourth-order valence-corrected chi connectivity index (χ4v) is 2.52. The van der Waals surface area contributed by atoms with Crippen LogP contribution in [0.15, 0.2) is 18.5 Å². The first-order valence-electron chi connectivity index (χ1n) is 7.36. The Kier molecular flexibility index (Phi) is 6.12. The van der Waals surface area contributed by atoms with Crippen LogP contribution in [0.1, 0.15) is 20.3 Å². The van der Waals surface area contributed by atoms with Crippen molar-refractivity contribution in [3.8, 4) is 11.5 Å². The van der Waals surface area contributed by atoms with Gasteiger partial charge in [-0.2, -0.15) is 11.8 Å². The minimum absolute atomic E-state index is 0.298. The van der Waals surface area contributed by atoms with E-state index in [0.29, 0.717) is 18.4 Å². The van der Waals surface area contributed by atoms with Gasteiger partial charge in [0.05, 0.1) is 19.2 Å². The van der Waals surface area contributed by atoms with E-state index in [0.717, 1.165) is 34.6 Å². The monoisotopic (exact) mass is 321 g/mol. The molecule has 0 unspecified atom stereocenters. The molecule has 6 heteroatoms. The SMILES string of the molecule is COc1cc2c(NC(C)C)ncnc2cc1OCCCSC. The lowest BCUT2D eigenvalue weighted by molar-refractivity contribution is 0.296. The van der Waals surface area contributed by atoms with E-state index in [9.17, 15) is 0 Å². The number of thioether (sulfide) groups is 1. The molecule has 0 spiro atoms. The van der Waals surface area contributed by atoms with Crippen molar-refractivity contribution in [2.75, 3.05) is 31.0 Å². The van der Waals surface area contributed by atoms with Crippen LogP contribution in [0.2, 0.25) is 0 Å². The zero-order valence-corrected chi connectivity index (χ0v) is 14.4. The number of aromatic nitrogens is 2. The highest BCUT2D eigenvalue weighted by Crippen LogP contribution is 2.34. The summed E-state index contributed by atoms with van der Waals surface area (Å²) in [7, 11) is 1.65.